The van der Waals surface area contributed by atoms with Crippen LogP contribution in [-0.4, -0.2) is 29.1 Å². The SMILES string of the molecule is O=C(O)c1cnc(N2CCCC3(CC3)C2)s1. The predicted molar refractivity (Wildman–Crippen MR) is 62.2 cm³/mol. The molecule has 0 amide bonds. The number of aromatic carboxylic acids is 1. The highest BCUT2D eigenvalue weighted by Crippen LogP contribution is 2.52. The van der Waals surface area contributed by atoms with Gasteiger partial charge in [-0.3, -0.25) is 0 Å². The minimum absolute atomic E-state index is 0.338. The van der Waals surface area contributed by atoms with Crippen molar-refractivity contribution in [1.29, 1.82) is 0 Å². The van der Waals surface area contributed by atoms with E-state index in [0.717, 1.165) is 18.2 Å². The van der Waals surface area contributed by atoms with E-state index in [9.17, 15) is 4.79 Å². The smallest absolute Gasteiger partial charge is 0.347 e. The molecule has 1 aromatic heterocycles. The third-order valence-corrected chi connectivity index (χ3v) is 4.64. The number of carboxylic acid groups (broad SMARTS) is 1. The number of rotatable bonds is 2. The summed E-state index contributed by atoms with van der Waals surface area (Å²) in [5.74, 6) is -0.873. The van der Waals surface area contributed by atoms with Crippen LogP contribution in [0.1, 0.15) is 35.4 Å². The van der Waals surface area contributed by atoms with Crippen LogP contribution in [0.3, 0.4) is 0 Å². The van der Waals surface area contributed by atoms with Gasteiger partial charge in [-0.05, 0) is 31.1 Å². The minimum atomic E-state index is -0.873. The topological polar surface area (TPSA) is 53.4 Å². The summed E-state index contributed by atoms with van der Waals surface area (Å²) < 4.78 is 0. The molecule has 2 heterocycles. The summed E-state index contributed by atoms with van der Waals surface area (Å²) in [7, 11) is 0. The molecule has 0 radical (unpaired) electrons. The summed E-state index contributed by atoms with van der Waals surface area (Å²) in [6.07, 6.45) is 6.68. The molecular formula is C11H14N2O2S. The zero-order valence-corrected chi connectivity index (χ0v) is 9.79. The number of carboxylic acids is 1. The molecule has 1 N–H and O–H groups in total. The first-order chi connectivity index (χ1) is 7.69. The normalized spacial score (nSPS) is 22.4. The first-order valence-electron chi connectivity index (χ1n) is 5.63. The molecule has 1 aromatic rings. The van der Waals surface area contributed by atoms with Gasteiger partial charge >= 0.3 is 5.97 Å². The first kappa shape index (κ1) is 10.1. The Kier molecular flexibility index (Phi) is 2.17. The summed E-state index contributed by atoms with van der Waals surface area (Å²) in [5, 5.41) is 9.74. The van der Waals surface area contributed by atoms with Gasteiger partial charge in [-0.1, -0.05) is 11.3 Å². The van der Waals surface area contributed by atoms with Crippen molar-refractivity contribution in [3.05, 3.63) is 11.1 Å². The van der Waals surface area contributed by atoms with Crippen LogP contribution in [0.4, 0.5) is 5.13 Å². The number of aromatic nitrogens is 1. The second-order valence-electron chi connectivity index (χ2n) is 4.84. The third-order valence-electron chi connectivity index (χ3n) is 3.59. The summed E-state index contributed by atoms with van der Waals surface area (Å²) in [4.78, 5) is 17.6. The first-order valence-corrected chi connectivity index (χ1v) is 6.44. The van der Waals surface area contributed by atoms with Crippen LogP contribution in [0.25, 0.3) is 0 Å². The van der Waals surface area contributed by atoms with Crippen LogP contribution in [-0.2, 0) is 0 Å². The molecular weight excluding hydrogens is 224 g/mol. The highest BCUT2D eigenvalue weighted by Gasteiger charge is 2.45. The summed E-state index contributed by atoms with van der Waals surface area (Å²) in [6.45, 7) is 2.09. The highest BCUT2D eigenvalue weighted by molar-refractivity contribution is 7.17. The van der Waals surface area contributed by atoms with E-state index in [1.165, 1.54) is 43.2 Å². The molecule has 86 valence electrons. The molecule has 0 bridgehead atoms. The van der Waals surface area contributed by atoms with Crippen LogP contribution >= 0.6 is 11.3 Å². The molecule has 3 rings (SSSR count). The molecule has 1 aliphatic heterocycles. The molecule has 0 unspecified atom stereocenters. The summed E-state index contributed by atoms with van der Waals surface area (Å²) in [6, 6.07) is 0. The van der Waals surface area contributed by atoms with Crippen molar-refractivity contribution in [2.24, 2.45) is 5.41 Å². The Balaban J connectivity index is 1.78. The van der Waals surface area contributed by atoms with E-state index < -0.39 is 5.97 Å². The van der Waals surface area contributed by atoms with E-state index in [1.54, 1.807) is 0 Å². The van der Waals surface area contributed by atoms with Crippen molar-refractivity contribution in [1.82, 2.24) is 4.98 Å². The van der Waals surface area contributed by atoms with Crippen LogP contribution in [0.2, 0.25) is 0 Å². The van der Waals surface area contributed by atoms with Crippen molar-refractivity contribution >= 4 is 22.4 Å². The zero-order valence-electron chi connectivity index (χ0n) is 8.98. The Labute approximate surface area is 97.9 Å². The lowest BCUT2D eigenvalue weighted by Gasteiger charge is -2.32. The minimum Gasteiger partial charge on any atom is -0.477 e. The fourth-order valence-corrected chi connectivity index (χ4v) is 3.25. The Hall–Kier alpha value is -1.10. The van der Waals surface area contributed by atoms with Gasteiger partial charge in [0.25, 0.3) is 0 Å². The van der Waals surface area contributed by atoms with Crippen LogP contribution in [0.5, 0.6) is 0 Å². The van der Waals surface area contributed by atoms with Gasteiger partial charge in [0.05, 0.1) is 6.20 Å². The molecule has 5 heteroatoms. The number of thiazole rings is 1. The number of hydrogen-bond donors (Lipinski definition) is 1. The number of piperidine rings is 1. The average Bonchev–Trinajstić information content (AvgIpc) is 2.85. The molecule has 2 fully saturated rings. The van der Waals surface area contributed by atoms with Gasteiger partial charge in [0, 0.05) is 13.1 Å². The third kappa shape index (κ3) is 1.69. The Morgan fingerprint density at radius 3 is 2.94 bits per heavy atom. The van der Waals surface area contributed by atoms with Crippen LogP contribution < -0.4 is 4.90 Å². The van der Waals surface area contributed by atoms with Gasteiger partial charge in [-0.15, -0.1) is 0 Å². The molecule has 1 saturated heterocycles. The van der Waals surface area contributed by atoms with Gasteiger partial charge in [0.1, 0.15) is 4.88 Å². The van der Waals surface area contributed by atoms with Crippen molar-refractivity contribution in [2.45, 2.75) is 25.7 Å². The number of anilines is 1. The second-order valence-corrected chi connectivity index (χ2v) is 5.85. The van der Waals surface area contributed by atoms with Crippen molar-refractivity contribution in [3.8, 4) is 0 Å². The number of hydrogen-bond acceptors (Lipinski definition) is 4. The van der Waals surface area contributed by atoms with E-state index in [-0.39, 0.29) is 0 Å². The van der Waals surface area contributed by atoms with Gasteiger partial charge < -0.3 is 10.0 Å². The second kappa shape index (κ2) is 3.45. The Morgan fingerprint density at radius 1 is 1.50 bits per heavy atom. The maximum Gasteiger partial charge on any atom is 0.347 e. The molecule has 1 saturated carbocycles. The lowest BCUT2D eigenvalue weighted by Crippen LogP contribution is -2.36. The van der Waals surface area contributed by atoms with Crippen LogP contribution in [0, 0.1) is 5.41 Å². The summed E-state index contributed by atoms with van der Waals surface area (Å²) >= 11 is 1.29. The van der Waals surface area contributed by atoms with Crippen molar-refractivity contribution in [2.75, 3.05) is 18.0 Å². The molecule has 16 heavy (non-hydrogen) atoms. The van der Waals surface area contributed by atoms with Gasteiger partial charge in [0.2, 0.25) is 0 Å². The van der Waals surface area contributed by atoms with Gasteiger partial charge in [-0.2, -0.15) is 0 Å². The molecule has 2 aliphatic rings. The van der Waals surface area contributed by atoms with E-state index in [1.807, 2.05) is 0 Å². The molecule has 0 aromatic carbocycles. The molecule has 1 spiro atoms. The maximum atomic E-state index is 10.8. The largest absolute Gasteiger partial charge is 0.477 e. The predicted octanol–water partition coefficient (Wildman–Crippen LogP) is 2.22. The number of nitrogens with zero attached hydrogens (tertiary/aromatic N) is 2. The van der Waals surface area contributed by atoms with E-state index >= 15 is 0 Å². The van der Waals surface area contributed by atoms with Crippen molar-refractivity contribution in [3.63, 3.8) is 0 Å². The average molecular weight is 238 g/mol. The quantitative estimate of drug-likeness (QED) is 0.858. The monoisotopic (exact) mass is 238 g/mol. The maximum absolute atomic E-state index is 10.8. The van der Waals surface area contributed by atoms with E-state index in [0.29, 0.717) is 10.3 Å². The lowest BCUT2D eigenvalue weighted by atomic mass is 9.95. The zero-order chi connectivity index (χ0) is 11.2. The Bertz CT molecular complexity index is 425. The standard InChI is InChI=1S/C11H14N2O2S/c14-9(15)8-6-12-10(16-8)13-5-1-2-11(7-13)3-4-11/h6H,1-5,7H2,(H,14,15). The molecule has 0 atom stereocenters. The van der Waals surface area contributed by atoms with Crippen molar-refractivity contribution < 1.29 is 9.90 Å². The van der Waals surface area contributed by atoms with E-state index in [4.69, 9.17) is 5.11 Å². The molecule has 1 aliphatic carbocycles. The lowest BCUT2D eigenvalue weighted by molar-refractivity contribution is 0.0702. The van der Waals surface area contributed by atoms with Gasteiger partial charge in [-0.25, -0.2) is 9.78 Å². The number of carbonyl (C=O) groups is 1. The van der Waals surface area contributed by atoms with E-state index in [2.05, 4.69) is 9.88 Å². The summed E-state index contributed by atoms with van der Waals surface area (Å²) in [5.41, 5.74) is 0.549. The van der Waals surface area contributed by atoms with Gasteiger partial charge in [0.15, 0.2) is 5.13 Å². The molecule has 4 nitrogen and oxygen atoms in total. The fourth-order valence-electron chi connectivity index (χ4n) is 2.47. The fraction of sp³-hybridized carbons (Fsp3) is 0.636. The highest BCUT2D eigenvalue weighted by atomic mass is 32.1. The van der Waals surface area contributed by atoms with Crippen LogP contribution in [0.15, 0.2) is 6.20 Å². The Morgan fingerprint density at radius 2 is 2.31 bits per heavy atom.